The highest BCUT2D eigenvalue weighted by Gasteiger charge is 2.21. The molecule has 0 radical (unpaired) electrons. The Morgan fingerprint density at radius 2 is 2.11 bits per heavy atom. The minimum atomic E-state index is -3.96. The molecule has 0 fully saturated rings. The van der Waals surface area contributed by atoms with E-state index in [-0.39, 0.29) is 10.6 Å². The molecule has 2 N–H and O–H groups in total. The van der Waals surface area contributed by atoms with Crippen molar-refractivity contribution in [3.05, 3.63) is 22.7 Å². The van der Waals surface area contributed by atoms with Gasteiger partial charge in [-0.2, -0.15) is 0 Å². The lowest BCUT2D eigenvalue weighted by molar-refractivity contribution is 0.169. The van der Waals surface area contributed by atoms with Crippen molar-refractivity contribution < 1.29 is 22.7 Å². The molecule has 19 heavy (non-hydrogen) atoms. The number of hydrazine groups is 1. The van der Waals surface area contributed by atoms with E-state index in [0.717, 1.165) is 7.11 Å². The van der Waals surface area contributed by atoms with E-state index >= 15 is 0 Å². The van der Waals surface area contributed by atoms with Crippen LogP contribution in [-0.4, -0.2) is 28.2 Å². The number of carbonyl (C=O) groups excluding carboxylic acids is 1. The summed E-state index contributed by atoms with van der Waals surface area (Å²) in [5, 5.41) is 0. The molecular formula is C10H13BrN2O5S. The Morgan fingerprint density at radius 1 is 1.42 bits per heavy atom. The predicted octanol–water partition coefficient (Wildman–Crippen LogP) is 1.40. The number of methoxy groups -OCH3 is 1. The van der Waals surface area contributed by atoms with Crippen molar-refractivity contribution in [3.63, 3.8) is 0 Å². The highest BCUT2D eigenvalue weighted by atomic mass is 79.9. The number of ether oxygens (including phenoxy) is 2. The van der Waals surface area contributed by atoms with Gasteiger partial charge in [0.1, 0.15) is 10.6 Å². The van der Waals surface area contributed by atoms with Crippen LogP contribution in [0.3, 0.4) is 0 Å². The maximum atomic E-state index is 12.0. The summed E-state index contributed by atoms with van der Waals surface area (Å²) >= 11 is 3.17. The molecule has 7 nitrogen and oxygen atoms in total. The Kier molecular flexibility index (Phi) is 5.58. The molecule has 0 aliphatic carbocycles. The molecule has 0 spiro atoms. The number of nitrogens with one attached hydrogen (secondary N) is 2. The zero-order valence-electron chi connectivity index (χ0n) is 10.3. The number of hydrogen-bond donors (Lipinski definition) is 2. The van der Waals surface area contributed by atoms with E-state index < -0.39 is 16.1 Å². The third-order valence-electron chi connectivity index (χ3n) is 1.97. The number of hydrogen-bond acceptors (Lipinski definition) is 5. The topological polar surface area (TPSA) is 93.7 Å². The van der Waals surface area contributed by atoms with Crippen LogP contribution in [0.15, 0.2) is 27.6 Å². The van der Waals surface area contributed by atoms with E-state index in [1.54, 1.807) is 13.0 Å². The lowest BCUT2D eigenvalue weighted by Gasteiger charge is -2.12. The summed E-state index contributed by atoms with van der Waals surface area (Å²) in [5.74, 6) is 0.185. The maximum Gasteiger partial charge on any atom is 0.422 e. The normalized spacial score (nSPS) is 10.9. The Hall–Kier alpha value is -1.32. The van der Waals surface area contributed by atoms with Crippen LogP contribution in [0.25, 0.3) is 0 Å². The van der Waals surface area contributed by atoms with Gasteiger partial charge in [-0.1, -0.05) is 15.9 Å². The van der Waals surface area contributed by atoms with Gasteiger partial charge in [0.2, 0.25) is 0 Å². The van der Waals surface area contributed by atoms with E-state index in [9.17, 15) is 13.2 Å². The molecule has 0 aliphatic heterocycles. The number of benzene rings is 1. The molecule has 9 heteroatoms. The van der Waals surface area contributed by atoms with Crippen molar-refractivity contribution in [1.82, 2.24) is 10.3 Å². The van der Waals surface area contributed by atoms with E-state index in [2.05, 4.69) is 20.7 Å². The molecular weight excluding hydrogens is 340 g/mol. The third-order valence-corrected chi connectivity index (χ3v) is 3.73. The van der Waals surface area contributed by atoms with Crippen LogP contribution in [-0.2, 0) is 14.8 Å². The first kappa shape index (κ1) is 15.7. The molecule has 106 valence electrons. The number of carbonyl (C=O) groups is 1. The standard InChI is InChI=1S/C10H13BrN2O5S/c1-3-18-8-5-4-7(11)6-9(8)19(15,16)13-12-10(14)17-2/h4-6,13H,3H2,1-2H3,(H,12,14). The maximum absolute atomic E-state index is 12.0. The Balaban J connectivity index is 3.05. The van der Waals surface area contributed by atoms with Crippen LogP contribution < -0.4 is 15.0 Å². The second kappa shape index (κ2) is 6.73. The van der Waals surface area contributed by atoms with Crippen molar-refractivity contribution in [2.75, 3.05) is 13.7 Å². The number of rotatable bonds is 5. The largest absolute Gasteiger partial charge is 0.492 e. The number of halogens is 1. The summed E-state index contributed by atoms with van der Waals surface area (Å²) in [7, 11) is -2.84. The van der Waals surface area contributed by atoms with Gasteiger partial charge in [0, 0.05) is 4.47 Å². The lowest BCUT2D eigenvalue weighted by atomic mass is 10.3. The van der Waals surface area contributed by atoms with Crippen molar-refractivity contribution in [1.29, 1.82) is 0 Å². The van der Waals surface area contributed by atoms with E-state index in [4.69, 9.17) is 4.74 Å². The van der Waals surface area contributed by atoms with Gasteiger partial charge in [-0.3, -0.25) is 0 Å². The smallest absolute Gasteiger partial charge is 0.422 e. The first-order valence-corrected chi connectivity index (χ1v) is 7.46. The van der Waals surface area contributed by atoms with Crippen LogP contribution in [0.2, 0.25) is 0 Å². The van der Waals surface area contributed by atoms with E-state index in [1.165, 1.54) is 12.1 Å². The summed E-state index contributed by atoms with van der Waals surface area (Å²) in [6.45, 7) is 2.05. The van der Waals surface area contributed by atoms with Crippen LogP contribution in [0.4, 0.5) is 4.79 Å². The van der Waals surface area contributed by atoms with Crippen LogP contribution in [0.1, 0.15) is 6.92 Å². The predicted molar refractivity (Wildman–Crippen MR) is 71.2 cm³/mol. The molecule has 1 aromatic rings. The van der Waals surface area contributed by atoms with E-state index in [0.29, 0.717) is 11.1 Å². The quantitative estimate of drug-likeness (QED) is 0.781. The Bertz CT molecular complexity index is 561. The minimum Gasteiger partial charge on any atom is -0.492 e. The van der Waals surface area contributed by atoms with Gasteiger partial charge in [0.25, 0.3) is 10.0 Å². The van der Waals surface area contributed by atoms with Gasteiger partial charge in [-0.25, -0.2) is 18.6 Å². The Morgan fingerprint density at radius 3 is 2.68 bits per heavy atom. The van der Waals surface area contributed by atoms with E-state index in [1.807, 2.05) is 10.3 Å². The zero-order valence-corrected chi connectivity index (χ0v) is 12.7. The second-order valence-corrected chi connectivity index (χ2v) is 5.81. The molecule has 0 bridgehead atoms. The van der Waals surface area contributed by atoms with Crippen LogP contribution in [0.5, 0.6) is 5.75 Å². The van der Waals surface area contributed by atoms with Gasteiger partial charge in [-0.05, 0) is 25.1 Å². The zero-order chi connectivity index (χ0) is 14.5. The molecule has 0 unspecified atom stereocenters. The molecule has 1 rings (SSSR count). The van der Waals surface area contributed by atoms with Crippen molar-refractivity contribution in [2.24, 2.45) is 0 Å². The van der Waals surface area contributed by atoms with Crippen LogP contribution >= 0.6 is 15.9 Å². The van der Waals surface area contributed by atoms with Crippen molar-refractivity contribution >= 4 is 32.0 Å². The van der Waals surface area contributed by atoms with Gasteiger partial charge in [-0.15, -0.1) is 4.83 Å². The molecule has 0 aliphatic rings. The molecule has 0 atom stereocenters. The minimum absolute atomic E-state index is 0.0971. The summed E-state index contributed by atoms with van der Waals surface area (Å²) in [5.41, 5.74) is 1.89. The fourth-order valence-electron chi connectivity index (χ4n) is 1.18. The highest BCUT2D eigenvalue weighted by molar-refractivity contribution is 9.10. The Labute approximate surface area is 119 Å². The molecule has 0 saturated carbocycles. The monoisotopic (exact) mass is 352 g/mol. The number of amides is 1. The van der Waals surface area contributed by atoms with Crippen molar-refractivity contribution in [3.8, 4) is 5.75 Å². The summed E-state index contributed by atoms with van der Waals surface area (Å²) in [4.78, 5) is 12.7. The van der Waals surface area contributed by atoms with Gasteiger partial charge in [0.05, 0.1) is 13.7 Å². The third kappa shape index (κ3) is 4.37. The summed E-state index contributed by atoms with van der Waals surface area (Å²) < 4.78 is 34.1. The fourth-order valence-corrected chi connectivity index (χ4v) is 2.70. The van der Waals surface area contributed by atoms with Gasteiger partial charge >= 0.3 is 6.09 Å². The van der Waals surface area contributed by atoms with Crippen molar-refractivity contribution in [2.45, 2.75) is 11.8 Å². The SMILES string of the molecule is CCOc1ccc(Br)cc1S(=O)(=O)NNC(=O)OC. The van der Waals surface area contributed by atoms with Gasteiger partial charge in [0.15, 0.2) is 0 Å². The molecule has 0 aromatic heterocycles. The first-order chi connectivity index (χ1) is 8.90. The van der Waals surface area contributed by atoms with Crippen LogP contribution in [0, 0.1) is 0 Å². The average Bonchev–Trinajstić information content (AvgIpc) is 2.38. The first-order valence-electron chi connectivity index (χ1n) is 5.19. The average molecular weight is 353 g/mol. The number of sulfonamides is 1. The highest BCUT2D eigenvalue weighted by Crippen LogP contribution is 2.27. The molecule has 0 saturated heterocycles. The molecule has 0 heterocycles. The molecule has 1 amide bonds. The molecule has 1 aromatic carbocycles. The summed E-state index contributed by atoms with van der Waals surface area (Å²) in [6.07, 6.45) is -0.920. The summed E-state index contributed by atoms with van der Waals surface area (Å²) in [6, 6.07) is 4.53. The lowest BCUT2D eigenvalue weighted by Crippen LogP contribution is -2.41. The second-order valence-electron chi connectivity index (χ2n) is 3.25. The van der Waals surface area contributed by atoms with Gasteiger partial charge < -0.3 is 9.47 Å². The fraction of sp³-hybridized carbons (Fsp3) is 0.300.